The van der Waals surface area contributed by atoms with Crippen molar-refractivity contribution < 1.29 is 65.7 Å². The molecule has 2 atom stereocenters. The number of rotatable bonds is 12. The van der Waals surface area contributed by atoms with E-state index >= 15 is 0 Å². The number of urea groups is 1. The second-order valence-electron chi connectivity index (χ2n) is 13.9. The molecular weight excluding hydrogens is 819 g/mol. The van der Waals surface area contributed by atoms with E-state index in [0.717, 1.165) is 53.1 Å². The van der Waals surface area contributed by atoms with Gasteiger partial charge in [0.15, 0.2) is 6.10 Å². The fraction of sp³-hybridized carbons (Fsp3) is 0.341. The maximum Gasteiger partial charge on any atom is 0.416 e. The van der Waals surface area contributed by atoms with Gasteiger partial charge in [-0.3, -0.25) is 15.0 Å². The molecule has 0 spiro atoms. The highest BCUT2D eigenvalue weighted by atomic mass is 35.5. The third-order valence-corrected chi connectivity index (χ3v) is 9.17. The molecule has 322 valence electrons. The van der Waals surface area contributed by atoms with Gasteiger partial charge in [0.2, 0.25) is 5.79 Å². The molecule has 0 radical (unpaired) electrons. The van der Waals surface area contributed by atoms with Gasteiger partial charge >= 0.3 is 24.1 Å². The first-order chi connectivity index (χ1) is 28.1. The van der Waals surface area contributed by atoms with Gasteiger partial charge in [0.05, 0.1) is 29.2 Å². The lowest BCUT2D eigenvalue weighted by Crippen LogP contribution is -2.45. The largest absolute Gasteiger partial charge is 0.463 e. The topological polar surface area (TPSA) is 174 Å². The highest BCUT2D eigenvalue weighted by molar-refractivity contribution is 6.32. The van der Waals surface area contributed by atoms with Crippen LogP contribution in [0.2, 0.25) is 5.02 Å². The van der Waals surface area contributed by atoms with Crippen LogP contribution in [0.5, 0.6) is 28.7 Å². The third-order valence-electron chi connectivity index (χ3n) is 8.88. The molecule has 2 amide bonds. The summed E-state index contributed by atoms with van der Waals surface area (Å²) in [6.45, 7) is 9.12. The molecule has 0 aromatic heterocycles. The molecule has 5 rings (SSSR count). The highest BCUT2D eigenvalue weighted by Gasteiger charge is 2.42. The summed E-state index contributed by atoms with van der Waals surface area (Å²) in [6, 6.07) is 18.0. The monoisotopic (exact) mass is 861 g/mol. The Labute approximate surface area is 348 Å². The number of halogens is 4. The number of carbonyl (C=O) groups is 3. The standard InChI is InChI=1S/C22H28N2O5.C19H15ClF3NO7/c1-21(2)14-22(3,26-5)29-19-13-17(11-12-18(19)21)28-16-9-7-15(8-10-16)23-20(25)24(4)27-6;1-3-29-17(25)10(2)30-18(26)13-9-12(5-6-15(13)24(27)28)31-16-7-4-11(8-14(16)20)19(21,22)23/h7-13H,14H2,1-6H3,(H,23,25);4-10H,3H2,1-2H3. The summed E-state index contributed by atoms with van der Waals surface area (Å²) >= 11 is 5.83. The third kappa shape index (κ3) is 12.0. The van der Waals surface area contributed by atoms with Crippen LogP contribution in [0.4, 0.5) is 29.3 Å². The Kier molecular flexibility index (Phi) is 15.0. The molecule has 4 aromatic carbocycles. The van der Waals surface area contributed by atoms with Gasteiger partial charge in [-0.15, -0.1) is 0 Å². The number of nitro groups is 1. The molecule has 0 fully saturated rings. The zero-order chi connectivity index (χ0) is 44.6. The number of anilines is 1. The summed E-state index contributed by atoms with van der Waals surface area (Å²) in [5, 5.41) is 14.7. The number of ether oxygens (including phenoxy) is 6. The van der Waals surface area contributed by atoms with Crippen molar-refractivity contribution >= 4 is 40.9 Å². The number of benzene rings is 4. The lowest BCUT2D eigenvalue weighted by molar-refractivity contribution is -0.385. The Balaban J connectivity index is 0.000000265. The van der Waals surface area contributed by atoms with E-state index in [2.05, 4.69) is 19.2 Å². The Morgan fingerprint density at radius 3 is 2.17 bits per heavy atom. The number of carbonyl (C=O) groups excluding carboxylic acids is 3. The molecule has 0 aliphatic carbocycles. The Morgan fingerprint density at radius 2 is 1.58 bits per heavy atom. The fourth-order valence-electron chi connectivity index (χ4n) is 5.84. The van der Waals surface area contributed by atoms with Gasteiger partial charge in [-0.2, -0.15) is 13.2 Å². The van der Waals surface area contributed by atoms with Crippen LogP contribution in [0.1, 0.15) is 62.5 Å². The summed E-state index contributed by atoms with van der Waals surface area (Å²) in [6.07, 6.45) is -5.18. The van der Waals surface area contributed by atoms with Crippen LogP contribution in [-0.4, -0.2) is 67.7 Å². The summed E-state index contributed by atoms with van der Waals surface area (Å²) < 4.78 is 70.9. The molecule has 1 aliphatic heterocycles. The van der Waals surface area contributed by atoms with Crippen molar-refractivity contribution in [3.8, 4) is 28.7 Å². The van der Waals surface area contributed by atoms with E-state index in [-0.39, 0.29) is 34.6 Å². The molecule has 1 N–H and O–H groups in total. The van der Waals surface area contributed by atoms with Crippen molar-refractivity contribution in [1.29, 1.82) is 0 Å². The number of nitrogens with one attached hydrogen (secondary N) is 1. The van der Waals surface area contributed by atoms with Crippen LogP contribution >= 0.6 is 11.6 Å². The maximum absolute atomic E-state index is 12.8. The Bertz CT molecular complexity index is 2200. The minimum atomic E-state index is -4.61. The van der Waals surface area contributed by atoms with Crippen LogP contribution in [0.15, 0.2) is 78.9 Å². The molecule has 0 bridgehead atoms. The van der Waals surface area contributed by atoms with Crippen LogP contribution in [0.25, 0.3) is 0 Å². The minimum absolute atomic E-state index is 0.0398. The second-order valence-corrected chi connectivity index (χ2v) is 14.3. The van der Waals surface area contributed by atoms with Gasteiger partial charge < -0.3 is 33.7 Å². The van der Waals surface area contributed by atoms with Crippen molar-refractivity contribution in [3.63, 3.8) is 0 Å². The van der Waals surface area contributed by atoms with Crippen LogP contribution in [0, 0.1) is 10.1 Å². The Morgan fingerprint density at radius 1 is 0.950 bits per heavy atom. The second kappa shape index (κ2) is 19.3. The average Bonchev–Trinajstić information content (AvgIpc) is 3.18. The normalized spacial score (nSPS) is 15.7. The van der Waals surface area contributed by atoms with Crippen molar-refractivity contribution in [2.24, 2.45) is 0 Å². The number of nitro benzene ring substituents is 1. The molecule has 0 saturated carbocycles. The number of amides is 2. The van der Waals surface area contributed by atoms with E-state index in [1.54, 1.807) is 38.3 Å². The lowest BCUT2D eigenvalue weighted by atomic mass is 9.76. The smallest absolute Gasteiger partial charge is 0.416 e. The number of methoxy groups -OCH3 is 1. The van der Waals surface area contributed by atoms with Gasteiger partial charge in [-0.05, 0) is 73.9 Å². The molecule has 4 aromatic rings. The SMILES string of the molecule is CCOC(=O)C(C)OC(=O)c1cc(Oc2ccc(C(F)(F)F)cc2Cl)ccc1[N+](=O)[O-].CON(C)C(=O)Nc1ccc(Oc2ccc3c(c2)OC(C)(OC)CC3(C)C)cc1. The zero-order valence-corrected chi connectivity index (χ0v) is 34.6. The van der Waals surface area contributed by atoms with Gasteiger partial charge in [-0.25, -0.2) is 19.4 Å². The summed E-state index contributed by atoms with van der Waals surface area (Å²) in [5.41, 5.74) is -0.483. The molecule has 1 heterocycles. The first-order valence-corrected chi connectivity index (χ1v) is 18.4. The first kappa shape index (κ1) is 46.6. The lowest BCUT2D eigenvalue weighted by Gasteiger charge is -2.43. The highest BCUT2D eigenvalue weighted by Crippen LogP contribution is 2.46. The summed E-state index contributed by atoms with van der Waals surface area (Å²) in [4.78, 5) is 51.1. The zero-order valence-electron chi connectivity index (χ0n) is 33.8. The van der Waals surface area contributed by atoms with E-state index in [9.17, 15) is 37.7 Å². The number of hydrogen-bond acceptors (Lipinski definition) is 12. The number of hydrogen-bond donors (Lipinski definition) is 1. The predicted molar refractivity (Wildman–Crippen MR) is 212 cm³/mol. The van der Waals surface area contributed by atoms with E-state index in [4.69, 9.17) is 44.9 Å². The van der Waals surface area contributed by atoms with E-state index in [1.165, 1.54) is 21.1 Å². The summed E-state index contributed by atoms with van der Waals surface area (Å²) in [5.74, 6) is -0.966. The number of esters is 2. The molecule has 15 nitrogen and oxygen atoms in total. The van der Waals surface area contributed by atoms with Crippen LogP contribution in [-0.2, 0) is 35.4 Å². The van der Waals surface area contributed by atoms with Crippen molar-refractivity contribution in [1.82, 2.24) is 5.06 Å². The Hall–Kier alpha value is -6.11. The minimum Gasteiger partial charge on any atom is -0.463 e. The maximum atomic E-state index is 12.8. The molecule has 60 heavy (non-hydrogen) atoms. The van der Waals surface area contributed by atoms with Crippen molar-refractivity contribution in [2.75, 3.05) is 33.2 Å². The van der Waals surface area contributed by atoms with Gasteiger partial charge in [0.1, 0.15) is 34.3 Å². The van der Waals surface area contributed by atoms with Crippen molar-refractivity contribution in [2.45, 2.75) is 64.5 Å². The number of hydroxylamine groups is 2. The predicted octanol–water partition coefficient (Wildman–Crippen LogP) is 10.1. The number of alkyl halides is 3. The fourth-order valence-corrected chi connectivity index (χ4v) is 6.06. The van der Waals surface area contributed by atoms with E-state index in [0.29, 0.717) is 23.3 Å². The summed E-state index contributed by atoms with van der Waals surface area (Å²) in [7, 11) is 4.61. The van der Waals surface area contributed by atoms with Gasteiger partial charge in [0.25, 0.3) is 5.69 Å². The molecule has 2 unspecified atom stereocenters. The number of fused-ring (bicyclic) bond motifs is 1. The van der Waals surface area contributed by atoms with Crippen molar-refractivity contribution in [3.05, 3.63) is 111 Å². The van der Waals surface area contributed by atoms with Gasteiger partial charge in [0, 0.05) is 57.0 Å². The van der Waals surface area contributed by atoms with E-state index < -0.39 is 51.7 Å². The molecule has 1 aliphatic rings. The average molecular weight is 862 g/mol. The van der Waals surface area contributed by atoms with Gasteiger partial charge in [-0.1, -0.05) is 31.5 Å². The number of nitrogens with zero attached hydrogens (tertiary/aromatic N) is 2. The van der Waals surface area contributed by atoms with Crippen LogP contribution in [0.3, 0.4) is 0 Å². The molecule has 0 saturated heterocycles. The molecular formula is C41H43ClF3N3O12. The first-order valence-electron chi connectivity index (χ1n) is 18.1. The molecule has 19 heteroatoms. The van der Waals surface area contributed by atoms with Crippen LogP contribution < -0.4 is 19.5 Å². The quantitative estimate of drug-likeness (QED) is 0.0812. The van der Waals surface area contributed by atoms with E-state index in [1.807, 2.05) is 25.1 Å².